The van der Waals surface area contributed by atoms with Crippen LogP contribution in [-0.4, -0.2) is 19.2 Å². The second-order valence-electron chi connectivity index (χ2n) is 3.77. The number of hydrogen-bond acceptors (Lipinski definition) is 3. The van der Waals surface area contributed by atoms with E-state index in [2.05, 4.69) is 5.32 Å². The van der Waals surface area contributed by atoms with Crippen molar-refractivity contribution in [2.45, 2.75) is 13.3 Å². The van der Waals surface area contributed by atoms with Gasteiger partial charge >= 0.3 is 6.09 Å². The summed E-state index contributed by atoms with van der Waals surface area (Å²) in [5, 5.41) is 2.70. The molecule has 4 heteroatoms. The van der Waals surface area contributed by atoms with Crippen LogP contribution in [0, 0.1) is 5.92 Å². The minimum absolute atomic E-state index is 0.369. The van der Waals surface area contributed by atoms with Crippen LogP contribution in [0.3, 0.4) is 0 Å². The van der Waals surface area contributed by atoms with Crippen molar-refractivity contribution in [2.75, 3.05) is 13.1 Å². The van der Waals surface area contributed by atoms with Gasteiger partial charge in [0.05, 0.1) is 0 Å². The number of benzene rings is 1. The van der Waals surface area contributed by atoms with Crippen molar-refractivity contribution in [3.05, 3.63) is 30.3 Å². The summed E-state index contributed by atoms with van der Waals surface area (Å²) < 4.78 is 5.06. The SMILES string of the molecule is CC(CCN)CNC(=O)Oc1ccccc1. The number of ether oxygens (including phenoxy) is 1. The van der Waals surface area contributed by atoms with Gasteiger partial charge in [0.2, 0.25) is 0 Å². The molecule has 4 nitrogen and oxygen atoms in total. The fraction of sp³-hybridized carbons (Fsp3) is 0.417. The molecule has 1 aromatic carbocycles. The Morgan fingerprint density at radius 2 is 2.12 bits per heavy atom. The number of hydrogen-bond donors (Lipinski definition) is 2. The second-order valence-corrected chi connectivity index (χ2v) is 3.77. The Morgan fingerprint density at radius 3 is 2.75 bits per heavy atom. The molecule has 0 saturated heterocycles. The van der Waals surface area contributed by atoms with Crippen LogP contribution in [0.4, 0.5) is 4.79 Å². The zero-order chi connectivity index (χ0) is 11.8. The van der Waals surface area contributed by atoms with E-state index in [9.17, 15) is 4.79 Å². The molecule has 1 atom stereocenters. The number of carbonyl (C=O) groups is 1. The largest absolute Gasteiger partial charge is 0.412 e. The highest BCUT2D eigenvalue weighted by Crippen LogP contribution is 2.08. The number of para-hydroxylation sites is 1. The number of rotatable bonds is 5. The van der Waals surface area contributed by atoms with Crippen LogP contribution in [0.1, 0.15) is 13.3 Å². The highest BCUT2D eigenvalue weighted by Gasteiger charge is 2.06. The summed E-state index contributed by atoms with van der Waals surface area (Å²) in [7, 11) is 0. The van der Waals surface area contributed by atoms with Gasteiger partial charge in [-0.3, -0.25) is 0 Å². The first-order valence-electron chi connectivity index (χ1n) is 5.43. The Balaban J connectivity index is 2.26. The molecular formula is C12H18N2O2. The van der Waals surface area contributed by atoms with Crippen molar-refractivity contribution in [3.63, 3.8) is 0 Å². The molecular weight excluding hydrogens is 204 g/mol. The topological polar surface area (TPSA) is 64.3 Å². The molecule has 1 amide bonds. The molecule has 0 radical (unpaired) electrons. The monoisotopic (exact) mass is 222 g/mol. The van der Waals surface area contributed by atoms with E-state index in [1.54, 1.807) is 12.1 Å². The molecule has 1 rings (SSSR count). The normalized spacial score (nSPS) is 11.9. The van der Waals surface area contributed by atoms with Gasteiger partial charge < -0.3 is 15.8 Å². The van der Waals surface area contributed by atoms with Crippen molar-refractivity contribution >= 4 is 6.09 Å². The first-order chi connectivity index (χ1) is 7.72. The zero-order valence-corrected chi connectivity index (χ0v) is 9.48. The van der Waals surface area contributed by atoms with Crippen molar-refractivity contribution in [1.82, 2.24) is 5.32 Å². The Kier molecular flexibility index (Phi) is 5.36. The van der Waals surface area contributed by atoms with Gasteiger partial charge in [-0.2, -0.15) is 0 Å². The minimum Gasteiger partial charge on any atom is -0.410 e. The van der Waals surface area contributed by atoms with E-state index in [0.29, 0.717) is 24.8 Å². The van der Waals surface area contributed by atoms with Crippen LogP contribution in [0.25, 0.3) is 0 Å². The van der Waals surface area contributed by atoms with E-state index < -0.39 is 6.09 Å². The maximum absolute atomic E-state index is 11.4. The average Bonchev–Trinajstić information content (AvgIpc) is 2.28. The third-order valence-electron chi connectivity index (χ3n) is 2.21. The molecule has 1 unspecified atom stereocenters. The number of nitrogens with one attached hydrogen (secondary N) is 1. The molecule has 0 saturated carbocycles. The van der Waals surface area contributed by atoms with Gasteiger partial charge in [-0.05, 0) is 31.0 Å². The zero-order valence-electron chi connectivity index (χ0n) is 9.48. The predicted molar refractivity (Wildman–Crippen MR) is 63.3 cm³/mol. The standard InChI is InChI=1S/C12H18N2O2/c1-10(7-8-13)9-14-12(15)16-11-5-3-2-4-6-11/h2-6,10H,7-9,13H2,1H3,(H,14,15). The molecule has 0 aliphatic carbocycles. The fourth-order valence-electron chi connectivity index (χ4n) is 1.28. The lowest BCUT2D eigenvalue weighted by atomic mass is 10.1. The van der Waals surface area contributed by atoms with Gasteiger partial charge in [0.25, 0.3) is 0 Å². The lowest BCUT2D eigenvalue weighted by Crippen LogP contribution is -2.31. The maximum atomic E-state index is 11.4. The molecule has 1 aromatic rings. The van der Waals surface area contributed by atoms with Crippen LogP contribution in [0.5, 0.6) is 5.75 Å². The second kappa shape index (κ2) is 6.85. The maximum Gasteiger partial charge on any atom is 0.412 e. The van der Waals surface area contributed by atoms with E-state index in [4.69, 9.17) is 10.5 Å². The fourth-order valence-corrected chi connectivity index (χ4v) is 1.28. The molecule has 0 spiro atoms. The van der Waals surface area contributed by atoms with Crippen molar-refractivity contribution < 1.29 is 9.53 Å². The Morgan fingerprint density at radius 1 is 1.44 bits per heavy atom. The summed E-state index contributed by atoms with van der Waals surface area (Å²) in [5.74, 6) is 0.916. The molecule has 0 bridgehead atoms. The highest BCUT2D eigenvalue weighted by atomic mass is 16.5. The van der Waals surface area contributed by atoms with Gasteiger partial charge in [0, 0.05) is 6.54 Å². The summed E-state index contributed by atoms with van der Waals surface area (Å²) in [6, 6.07) is 8.99. The predicted octanol–water partition coefficient (Wildman–Crippen LogP) is 1.76. The van der Waals surface area contributed by atoms with Crippen LogP contribution in [-0.2, 0) is 0 Å². The molecule has 0 heterocycles. The summed E-state index contributed by atoms with van der Waals surface area (Å²) in [4.78, 5) is 11.4. The van der Waals surface area contributed by atoms with Gasteiger partial charge in [0.15, 0.2) is 0 Å². The minimum atomic E-state index is -0.421. The smallest absolute Gasteiger partial charge is 0.410 e. The molecule has 88 valence electrons. The van der Waals surface area contributed by atoms with Gasteiger partial charge in [0.1, 0.15) is 5.75 Å². The number of amides is 1. The molecule has 0 aliphatic rings. The third kappa shape index (κ3) is 4.79. The molecule has 0 fully saturated rings. The van der Waals surface area contributed by atoms with E-state index in [-0.39, 0.29) is 0 Å². The highest BCUT2D eigenvalue weighted by molar-refractivity contribution is 5.70. The Hall–Kier alpha value is -1.55. The van der Waals surface area contributed by atoms with E-state index in [0.717, 1.165) is 6.42 Å². The summed E-state index contributed by atoms with van der Waals surface area (Å²) in [6.45, 7) is 3.26. The van der Waals surface area contributed by atoms with Crippen LogP contribution in [0.15, 0.2) is 30.3 Å². The first-order valence-corrected chi connectivity index (χ1v) is 5.43. The number of carbonyl (C=O) groups excluding carboxylic acids is 1. The van der Waals surface area contributed by atoms with E-state index >= 15 is 0 Å². The Bertz CT molecular complexity index is 314. The van der Waals surface area contributed by atoms with E-state index in [1.165, 1.54) is 0 Å². The van der Waals surface area contributed by atoms with Crippen LogP contribution in [0.2, 0.25) is 0 Å². The Labute approximate surface area is 95.8 Å². The van der Waals surface area contributed by atoms with Crippen molar-refractivity contribution in [2.24, 2.45) is 11.7 Å². The molecule has 16 heavy (non-hydrogen) atoms. The van der Waals surface area contributed by atoms with Crippen LogP contribution < -0.4 is 15.8 Å². The molecule has 0 aromatic heterocycles. The summed E-state index contributed by atoms with van der Waals surface area (Å²) >= 11 is 0. The van der Waals surface area contributed by atoms with Gasteiger partial charge in [-0.1, -0.05) is 25.1 Å². The third-order valence-corrected chi connectivity index (χ3v) is 2.21. The average molecular weight is 222 g/mol. The summed E-state index contributed by atoms with van der Waals surface area (Å²) in [5.41, 5.74) is 5.42. The molecule has 0 aliphatic heterocycles. The number of nitrogens with two attached hydrogens (primary N) is 1. The lowest BCUT2D eigenvalue weighted by Gasteiger charge is -2.11. The van der Waals surface area contributed by atoms with Gasteiger partial charge in [-0.15, -0.1) is 0 Å². The summed E-state index contributed by atoms with van der Waals surface area (Å²) in [6.07, 6.45) is 0.473. The van der Waals surface area contributed by atoms with Crippen molar-refractivity contribution in [3.8, 4) is 5.75 Å². The van der Waals surface area contributed by atoms with Gasteiger partial charge in [-0.25, -0.2) is 4.79 Å². The first kappa shape index (κ1) is 12.5. The molecule has 3 N–H and O–H groups in total. The van der Waals surface area contributed by atoms with E-state index in [1.807, 2.05) is 25.1 Å². The van der Waals surface area contributed by atoms with Crippen molar-refractivity contribution in [1.29, 1.82) is 0 Å². The quantitative estimate of drug-likeness (QED) is 0.797. The lowest BCUT2D eigenvalue weighted by molar-refractivity contribution is 0.198. The van der Waals surface area contributed by atoms with Crippen LogP contribution >= 0.6 is 0 Å².